The van der Waals surface area contributed by atoms with E-state index in [4.69, 9.17) is 23.2 Å². The number of nitrogens with one attached hydrogen (secondary N) is 1. The van der Waals surface area contributed by atoms with E-state index in [9.17, 15) is 4.79 Å². The summed E-state index contributed by atoms with van der Waals surface area (Å²) in [5.74, 6) is 1.19. The van der Waals surface area contributed by atoms with Crippen LogP contribution in [0.5, 0.6) is 0 Å². The van der Waals surface area contributed by atoms with E-state index in [2.05, 4.69) is 38.4 Å². The molecular weight excluding hydrogens is 471 g/mol. The van der Waals surface area contributed by atoms with Crippen molar-refractivity contribution in [3.63, 3.8) is 0 Å². The fourth-order valence-corrected chi connectivity index (χ4v) is 3.87. The fourth-order valence-electron chi connectivity index (χ4n) is 2.42. The van der Waals surface area contributed by atoms with Crippen LogP contribution in [0.25, 0.3) is 5.69 Å². The van der Waals surface area contributed by atoms with Gasteiger partial charge in [-0.25, -0.2) is 0 Å². The summed E-state index contributed by atoms with van der Waals surface area (Å²) in [6, 6.07) is 12.6. The van der Waals surface area contributed by atoms with Gasteiger partial charge in [0.05, 0.1) is 17.1 Å². The van der Waals surface area contributed by atoms with Gasteiger partial charge in [-0.1, -0.05) is 57.8 Å². The monoisotopic (exact) mass is 484 g/mol. The van der Waals surface area contributed by atoms with Gasteiger partial charge in [0.2, 0.25) is 0 Å². The maximum atomic E-state index is 12.5. The van der Waals surface area contributed by atoms with E-state index in [0.29, 0.717) is 21.4 Å². The highest BCUT2D eigenvalue weighted by molar-refractivity contribution is 9.10. The number of aromatic nitrogens is 3. The lowest BCUT2D eigenvalue weighted by molar-refractivity contribution is 0.0950. The van der Waals surface area contributed by atoms with Crippen LogP contribution in [0.4, 0.5) is 0 Å². The molecule has 1 amide bonds. The Balaban J connectivity index is 1.84. The Morgan fingerprint density at radius 1 is 1.19 bits per heavy atom. The van der Waals surface area contributed by atoms with Gasteiger partial charge in [0, 0.05) is 15.2 Å². The number of amides is 1. The Morgan fingerprint density at radius 2 is 1.93 bits per heavy atom. The van der Waals surface area contributed by atoms with Crippen LogP contribution in [0.2, 0.25) is 10.0 Å². The minimum atomic E-state index is -0.299. The molecule has 3 aromatic rings. The number of hydrogen-bond acceptors (Lipinski definition) is 4. The number of benzene rings is 2. The molecule has 0 aliphatic rings. The number of carbonyl (C=O) groups is 1. The standard InChI is InChI=1S/C18H15BrCl2N4OS/c1-2-27-18-24-23-16(25(18)13-6-3-11(19)4-7-13)10-22-17(26)14-8-5-12(20)9-15(14)21/h3-9H,2,10H2,1H3,(H,22,26). The van der Waals surface area contributed by atoms with Crippen LogP contribution in [-0.2, 0) is 6.54 Å². The van der Waals surface area contributed by atoms with Crippen LogP contribution in [0, 0.1) is 0 Å². The molecule has 0 radical (unpaired) electrons. The number of halogens is 3. The molecule has 0 unspecified atom stereocenters. The summed E-state index contributed by atoms with van der Waals surface area (Å²) >= 11 is 17.0. The Labute approximate surface area is 179 Å². The molecule has 1 N–H and O–H groups in total. The van der Waals surface area contributed by atoms with Crippen molar-refractivity contribution >= 4 is 56.8 Å². The molecule has 2 aromatic carbocycles. The van der Waals surface area contributed by atoms with Crippen LogP contribution >= 0.6 is 50.9 Å². The fraction of sp³-hybridized carbons (Fsp3) is 0.167. The van der Waals surface area contributed by atoms with Gasteiger partial charge in [-0.15, -0.1) is 10.2 Å². The van der Waals surface area contributed by atoms with Crippen molar-refractivity contribution in [2.24, 2.45) is 0 Å². The highest BCUT2D eigenvalue weighted by Crippen LogP contribution is 2.24. The SMILES string of the molecule is CCSc1nnc(CNC(=O)c2ccc(Cl)cc2Cl)n1-c1ccc(Br)cc1. The molecule has 0 saturated heterocycles. The minimum absolute atomic E-state index is 0.213. The first-order valence-electron chi connectivity index (χ1n) is 8.06. The summed E-state index contributed by atoms with van der Waals surface area (Å²) in [6.45, 7) is 2.26. The van der Waals surface area contributed by atoms with E-state index in [1.807, 2.05) is 28.8 Å². The molecular formula is C18H15BrCl2N4OS. The van der Waals surface area contributed by atoms with Crippen molar-refractivity contribution in [1.29, 1.82) is 0 Å². The molecule has 0 aliphatic heterocycles. The van der Waals surface area contributed by atoms with Gasteiger partial charge in [-0.05, 0) is 48.2 Å². The third-order valence-corrected chi connectivity index (χ3v) is 5.53. The lowest BCUT2D eigenvalue weighted by Crippen LogP contribution is -2.25. The van der Waals surface area contributed by atoms with Crippen LogP contribution in [-0.4, -0.2) is 26.4 Å². The van der Waals surface area contributed by atoms with Gasteiger partial charge < -0.3 is 5.32 Å². The van der Waals surface area contributed by atoms with Crippen molar-refractivity contribution in [2.45, 2.75) is 18.6 Å². The van der Waals surface area contributed by atoms with Gasteiger partial charge in [-0.2, -0.15) is 0 Å². The summed E-state index contributed by atoms with van der Waals surface area (Å²) in [7, 11) is 0. The second-order valence-corrected chi connectivity index (χ2v) is 8.44. The molecule has 1 aromatic heterocycles. The molecule has 5 nitrogen and oxygen atoms in total. The van der Waals surface area contributed by atoms with Gasteiger partial charge in [0.25, 0.3) is 5.91 Å². The minimum Gasteiger partial charge on any atom is -0.345 e. The highest BCUT2D eigenvalue weighted by atomic mass is 79.9. The zero-order valence-corrected chi connectivity index (χ0v) is 18.2. The van der Waals surface area contributed by atoms with E-state index >= 15 is 0 Å². The van der Waals surface area contributed by atoms with E-state index < -0.39 is 0 Å². The quantitative estimate of drug-likeness (QED) is 0.476. The molecule has 1 heterocycles. The van der Waals surface area contributed by atoms with Gasteiger partial charge in [-0.3, -0.25) is 9.36 Å². The number of hydrogen-bond donors (Lipinski definition) is 1. The Bertz CT molecular complexity index is 962. The van der Waals surface area contributed by atoms with Crippen molar-refractivity contribution in [3.05, 3.63) is 68.4 Å². The number of nitrogens with zero attached hydrogens (tertiary/aromatic N) is 3. The van der Waals surface area contributed by atoms with Crippen molar-refractivity contribution in [2.75, 3.05) is 5.75 Å². The van der Waals surface area contributed by atoms with E-state index in [-0.39, 0.29) is 12.5 Å². The molecule has 140 valence electrons. The van der Waals surface area contributed by atoms with E-state index in [1.54, 1.807) is 30.0 Å². The molecule has 0 saturated carbocycles. The molecule has 0 aliphatic carbocycles. The molecule has 0 spiro atoms. The van der Waals surface area contributed by atoms with E-state index in [0.717, 1.165) is 21.1 Å². The lowest BCUT2D eigenvalue weighted by Gasteiger charge is -2.11. The smallest absolute Gasteiger partial charge is 0.253 e. The van der Waals surface area contributed by atoms with Crippen molar-refractivity contribution < 1.29 is 4.79 Å². The maximum absolute atomic E-state index is 12.5. The number of thioether (sulfide) groups is 1. The second-order valence-electron chi connectivity index (χ2n) is 5.45. The summed E-state index contributed by atoms with van der Waals surface area (Å²) in [6.07, 6.45) is 0. The predicted octanol–water partition coefficient (Wildman–Crippen LogP) is 5.38. The topological polar surface area (TPSA) is 59.8 Å². The first-order chi connectivity index (χ1) is 13.0. The normalized spacial score (nSPS) is 10.8. The van der Waals surface area contributed by atoms with Crippen molar-refractivity contribution in [3.8, 4) is 5.69 Å². The van der Waals surface area contributed by atoms with Crippen LogP contribution < -0.4 is 5.32 Å². The molecule has 0 atom stereocenters. The summed E-state index contributed by atoms with van der Waals surface area (Å²) in [4.78, 5) is 12.5. The summed E-state index contributed by atoms with van der Waals surface area (Å²) < 4.78 is 2.92. The van der Waals surface area contributed by atoms with E-state index in [1.165, 1.54) is 0 Å². The van der Waals surface area contributed by atoms with Crippen molar-refractivity contribution in [1.82, 2.24) is 20.1 Å². The Hall–Kier alpha value is -1.54. The Morgan fingerprint density at radius 3 is 2.59 bits per heavy atom. The third-order valence-electron chi connectivity index (χ3n) is 3.64. The number of rotatable bonds is 6. The second kappa shape index (κ2) is 9.10. The average molecular weight is 486 g/mol. The lowest BCUT2D eigenvalue weighted by atomic mass is 10.2. The summed E-state index contributed by atoms with van der Waals surface area (Å²) in [5, 5.41) is 12.9. The zero-order valence-electron chi connectivity index (χ0n) is 14.2. The molecule has 0 bridgehead atoms. The van der Waals surface area contributed by atoms with Gasteiger partial charge in [0.1, 0.15) is 0 Å². The molecule has 27 heavy (non-hydrogen) atoms. The zero-order chi connectivity index (χ0) is 19.4. The highest BCUT2D eigenvalue weighted by Gasteiger charge is 2.16. The van der Waals surface area contributed by atoms with Crippen LogP contribution in [0.1, 0.15) is 23.1 Å². The maximum Gasteiger partial charge on any atom is 0.253 e. The third kappa shape index (κ3) is 4.85. The summed E-state index contributed by atoms with van der Waals surface area (Å²) in [5.41, 5.74) is 1.28. The average Bonchev–Trinajstić information content (AvgIpc) is 3.03. The molecule has 9 heteroatoms. The Kier molecular flexibility index (Phi) is 6.81. The number of carbonyl (C=O) groups excluding carboxylic acids is 1. The predicted molar refractivity (Wildman–Crippen MR) is 113 cm³/mol. The van der Waals surface area contributed by atoms with Crippen LogP contribution in [0.3, 0.4) is 0 Å². The first kappa shape index (κ1) is 20.2. The largest absolute Gasteiger partial charge is 0.345 e. The molecule has 0 fully saturated rings. The molecule has 3 rings (SSSR count). The van der Waals surface area contributed by atoms with Gasteiger partial charge in [0.15, 0.2) is 11.0 Å². The first-order valence-corrected chi connectivity index (χ1v) is 10.6. The van der Waals surface area contributed by atoms with Gasteiger partial charge >= 0.3 is 0 Å². The van der Waals surface area contributed by atoms with Crippen LogP contribution in [0.15, 0.2) is 52.1 Å².